The molecule has 0 aromatic carbocycles. The summed E-state index contributed by atoms with van der Waals surface area (Å²) in [5, 5.41) is 0. The third-order valence-corrected chi connectivity index (χ3v) is 1.78. The molecule has 0 spiro atoms. The van der Waals surface area contributed by atoms with Gasteiger partial charge in [-0.2, -0.15) is 13.2 Å². The zero-order chi connectivity index (χ0) is 12.1. The van der Waals surface area contributed by atoms with Crippen molar-refractivity contribution in [2.75, 3.05) is 0 Å². The summed E-state index contributed by atoms with van der Waals surface area (Å²) < 4.78 is 37.1. The van der Waals surface area contributed by atoms with Crippen LogP contribution in [0.1, 0.15) is 44.7 Å². The minimum Gasteiger partial charge on any atom is -0.264 e. The van der Waals surface area contributed by atoms with Gasteiger partial charge in [0.15, 0.2) is 0 Å². The number of hydrogen-bond donors (Lipinski definition) is 0. The lowest BCUT2D eigenvalue weighted by Crippen LogP contribution is -2.10. The summed E-state index contributed by atoms with van der Waals surface area (Å²) in [6, 6.07) is 1.41. The van der Waals surface area contributed by atoms with E-state index in [0.29, 0.717) is 5.56 Å². The topological polar surface area (TPSA) is 12.9 Å². The Morgan fingerprint density at radius 1 is 1.20 bits per heavy atom. The molecule has 4 heteroatoms. The fraction of sp³-hybridized carbons (Fsp3) is 0.545. The van der Waals surface area contributed by atoms with Crippen molar-refractivity contribution < 1.29 is 13.2 Å². The number of nitrogens with zero attached hydrogens (tertiary/aromatic N) is 1. The molecule has 1 rings (SSSR count). The van der Waals surface area contributed by atoms with Gasteiger partial charge >= 0.3 is 6.18 Å². The molecule has 0 radical (unpaired) electrons. The van der Waals surface area contributed by atoms with Crippen molar-refractivity contribution in [2.24, 2.45) is 0 Å². The Morgan fingerprint density at radius 3 is 2.07 bits per heavy atom. The van der Waals surface area contributed by atoms with Crippen molar-refractivity contribution in [1.82, 2.24) is 4.98 Å². The third kappa shape index (κ3) is 3.90. The first-order valence-electron chi connectivity index (χ1n) is 4.94. The number of alkyl halides is 3. The second-order valence-corrected chi connectivity index (χ2v) is 3.12. The Balaban J connectivity index is 0.000000921. The minimum absolute atomic E-state index is 0.139. The van der Waals surface area contributed by atoms with Crippen molar-refractivity contribution in [3.05, 3.63) is 29.6 Å². The zero-order valence-corrected chi connectivity index (χ0v) is 9.39. The predicted octanol–water partition coefficient (Wildman–Crippen LogP) is 4.25. The van der Waals surface area contributed by atoms with E-state index >= 15 is 0 Å². The second-order valence-electron chi connectivity index (χ2n) is 3.12. The van der Waals surface area contributed by atoms with Gasteiger partial charge in [-0.1, -0.05) is 27.7 Å². The molecule has 0 unspecified atom stereocenters. The first kappa shape index (κ1) is 13.9. The van der Waals surface area contributed by atoms with Gasteiger partial charge in [0, 0.05) is 12.4 Å². The fourth-order valence-electron chi connectivity index (χ4n) is 1.15. The molecule has 1 aromatic rings. The lowest BCUT2D eigenvalue weighted by atomic mass is 9.99. The Labute approximate surface area is 88.3 Å². The molecule has 1 heterocycles. The van der Waals surface area contributed by atoms with E-state index < -0.39 is 11.7 Å². The molecule has 0 fully saturated rings. The Morgan fingerprint density at radius 2 is 1.73 bits per heavy atom. The average Bonchev–Trinajstić information content (AvgIpc) is 2.19. The number of rotatable bonds is 1. The van der Waals surface area contributed by atoms with Crippen molar-refractivity contribution in [2.45, 2.75) is 39.8 Å². The van der Waals surface area contributed by atoms with E-state index in [4.69, 9.17) is 0 Å². The highest BCUT2D eigenvalue weighted by Gasteiger charge is 2.33. The highest BCUT2D eigenvalue weighted by molar-refractivity contribution is 5.28. The van der Waals surface area contributed by atoms with Crippen LogP contribution >= 0.6 is 0 Å². The Hall–Kier alpha value is -1.06. The van der Waals surface area contributed by atoms with E-state index in [2.05, 4.69) is 4.98 Å². The summed E-state index contributed by atoms with van der Waals surface area (Å²) in [6.07, 6.45) is -2.05. The SMILES string of the molecule is CC.CC(C)c1ccncc1C(F)(F)F. The number of pyridine rings is 1. The van der Waals surface area contributed by atoms with E-state index in [0.717, 1.165) is 6.20 Å². The molecule has 0 N–H and O–H groups in total. The number of aromatic nitrogens is 1. The number of halogens is 3. The largest absolute Gasteiger partial charge is 0.418 e. The molecule has 0 bridgehead atoms. The molecule has 0 amide bonds. The lowest BCUT2D eigenvalue weighted by Gasteiger charge is -2.13. The number of hydrogen-bond acceptors (Lipinski definition) is 1. The van der Waals surface area contributed by atoms with Gasteiger partial charge in [-0.3, -0.25) is 4.98 Å². The molecule has 1 nitrogen and oxygen atoms in total. The summed E-state index contributed by atoms with van der Waals surface area (Å²) >= 11 is 0. The van der Waals surface area contributed by atoms with E-state index in [1.54, 1.807) is 13.8 Å². The van der Waals surface area contributed by atoms with Crippen LogP contribution in [-0.4, -0.2) is 4.98 Å². The maximum atomic E-state index is 12.4. The van der Waals surface area contributed by atoms with Crippen LogP contribution in [0, 0.1) is 0 Å². The smallest absolute Gasteiger partial charge is 0.264 e. The maximum Gasteiger partial charge on any atom is 0.418 e. The average molecular weight is 219 g/mol. The Bertz CT molecular complexity index is 292. The molecule has 15 heavy (non-hydrogen) atoms. The van der Waals surface area contributed by atoms with Gasteiger partial charge in [0.05, 0.1) is 5.56 Å². The predicted molar refractivity (Wildman–Crippen MR) is 54.7 cm³/mol. The molecule has 0 saturated heterocycles. The highest BCUT2D eigenvalue weighted by atomic mass is 19.4. The highest BCUT2D eigenvalue weighted by Crippen LogP contribution is 2.34. The van der Waals surface area contributed by atoms with E-state index in [1.807, 2.05) is 13.8 Å². The van der Waals surface area contributed by atoms with Crippen LogP contribution in [0.3, 0.4) is 0 Å². The van der Waals surface area contributed by atoms with Crippen LogP contribution in [0.5, 0.6) is 0 Å². The maximum absolute atomic E-state index is 12.4. The van der Waals surface area contributed by atoms with E-state index in [1.165, 1.54) is 12.3 Å². The standard InChI is InChI=1S/C9H10F3N.C2H6/c1-6(2)7-3-4-13-5-8(7)9(10,11)12;1-2/h3-6H,1-2H3;1-2H3. The van der Waals surface area contributed by atoms with Gasteiger partial charge in [0.25, 0.3) is 0 Å². The van der Waals surface area contributed by atoms with Crippen LogP contribution in [0.4, 0.5) is 13.2 Å². The van der Waals surface area contributed by atoms with Crippen molar-refractivity contribution in [3.8, 4) is 0 Å². The van der Waals surface area contributed by atoms with Gasteiger partial charge in [0.1, 0.15) is 0 Å². The monoisotopic (exact) mass is 219 g/mol. The van der Waals surface area contributed by atoms with Gasteiger partial charge in [-0.05, 0) is 17.5 Å². The van der Waals surface area contributed by atoms with Crippen LogP contribution in [0.25, 0.3) is 0 Å². The summed E-state index contributed by atoms with van der Waals surface area (Å²) in [6.45, 7) is 7.45. The van der Waals surface area contributed by atoms with Crippen LogP contribution in [0.15, 0.2) is 18.5 Å². The van der Waals surface area contributed by atoms with Gasteiger partial charge in [-0.25, -0.2) is 0 Å². The molecule has 1 aromatic heterocycles. The summed E-state index contributed by atoms with van der Waals surface area (Å²) in [5.41, 5.74) is -0.340. The van der Waals surface area contributed by atoms with E-state index in [9.17, 15) is 13.2 Å². The molecule has 0 aliphatic carbocycles. The first-order valence-corrected chi connectivity index (χ1v) is 4.94. The van der Waals surface area contributed by atoms with Gasteiger partial charge in [0.2, 0.25) is 0 Å². The molecule has 0 atom stereocenters. The minimum atomic E-state index is -4.30. The molecule has 0 saturated carbocycles. The van der Waals surface area contributed by atoms with E-state index in [-0.39, 0.29) is 5.92 Å². The Kier molecular flexibility index (Phi) is 5.33. The quantitative estimate of drug-likeness (QED) is 0.688. The third-order valence-electron chi connectivity index (χ3n) is 1.78. The molecule has 0 aliphatic heterocycles. The molecule has 86 valence electrons. The first-order chi connectivity index (χ1) is 6.93. The summed E-state index contributed by atoms with van der Waals surface area (Å²) in [4.78, 5) is 3.47. The molecule has 0 aliphatic rings. The second kappa shape index (κ2) is 5.73. The van der Waals surface area contributed by atoms with Gasteiger partial charge in [-0.15, -0.1) is 0 Å². The lowest BCUT2D eigenvalue weighted by molar-refractivity contribution is -0.138. The van der Waals surface area contributed by atoms with Crippen LogP contribution in [0.2, 0.25) is 0 Å². The van der Waals surface area contributed by atoms with Crippen LogP contribution in [-0.2, 0) is 6.18 Å². The molecular weight excluding hydrogens is 203 g/mol. The summed E-state index contributed by atoms with van der Waals surface area (Å²) in [5.74, 6) is -0.139. The van der Waals surface area contributed by atoms with Crippen LogP contribution < -0.4 is 0 Å². The normalized spacial score (nSPS) is 10.9. The van der Waals surface area contributed by atoms with Crippen molar-refractivity contribution in [3.63, 3.8) is 0 Å². The van der Waals surface area contributed by atoms with Gasteiger partial charge < -0.3 is 0 Å². The zero-order valence-electron chi connectivity index (χ0n) is 9.39. The fourth-order valence-corrected chi connectivity index (χ4v) is 1.15. The van der Waals surface area contributed by atoms with Crippen molar-refractivity contribution >= 4 is 0 Å². The molecular formula is C11H16F3N. The van der Waals surface area contributed by atoms with Crippen molar-refractivity contribution in [1.29, 1.82) is 0 Å². The summed E-state index contributed by atoms with van der Waals surface area (Å²) in [7, 11) is 0.